The lowest BCUT2D eigenvalue weighted by Crippen LogP contribution is -2.68. The summed E-state index contributed by atoms with van der Waals surface area (Å²) < 4.78 is 6.73. The Morgan fingerprint density at radius 2 is 1.30 bits per heavy atom. The quantitative estimate of drug-likeness (QED) is 0.164. The van der Waals surface area contributed by atoms with Crippen LogP contribution in [0.2, 0.25) is 13.1 Å². The minimum Gasteiger partial charge on any atom is -0.456 e. The molecule has 5 heteroatoms. The van der Waals surface area contributed by atoms with Gasteiger partial charge in [-0.1, -0.05) is 155 Å². The number of para-hydroxylation sites is 3. The average molecular weight is 749 g/mol. The van der Waals surface area contributed by atoms with Gasteiger partial charge in [-0.2, -0.15) is 0 Å². The minimum atomic E-state index is -2.07. The molecule has 4 heterocycles. The van der Waals surface area contributed by atoms with Gasteiger partial charge in [-0.05, 0) is 90.6 Å². The van der Waals surface area contributed by atoms with Crippen molar-refractivity contribution >= 4 is 97.4 Å². The third-order valence-electron chi connectivity index (χ3n) is 13.2. The highest BCUT2D eigenvalue weighted by Gasteiger charge is 2.51. The zero-order valence-corrected chi connectivity index (χ0v) is 33.9. The topological polar surface area (TPSA) is 19.6 Å². The first-order valence-electron chi connectivity index (χ1n) is 20.2. The van der Waals surface area contributed by atoms with Crippen molar-refractivity contribution in [2.24, 2.45) is 0 Å². The van der Waals surface area contributed by atoms with Crippen LogP contribution >= 0.6 is 0 Å². The van der Waals surface area contributed by atoms with Crippen LogP contribution in [0.3, 0.4) is 0 Å². The Balaban J connectivity index is 1.30. The van der Waals surface area contributed by atoms with E-state index in [2.05, 4.69) is 201 Å². The molecule has 0 fully saturated rings. The molecule has 8 aromatic carbocycles. The van der Waals surface area contributed by atoms with Gasteiger partial charge in [0, 0.05) is 33.6 Å². The fourth-order valence-corrected chi connectivity index (χ4v) is 13.5. The molecule has 3 aliphatic rings. The van der Waals surface area contributed by atoms with Crippen molar-refractivity contribution in [1.82, 2.24) is 0 Å². The lowest BCUT2D eigenvalue weighted by molar-refractivity contribution is 0.590. The molecule has 0 aliphatic carbocycles. The minimum absolute atomic E-state index is 0.0245. The summed E-state index contributed by atoms with van der Waals surface area (Å²) in [6.45, 7) is 11.9. The first-order valence-corrected chi connectivity index (χ1v) is 23.2. The van der Waals surface area contributed by atoms with E-state index >= 15 is 0 Å². The van der Waals surface area contributed by atoms with Crippen LogP contribution in [0.1, 0.15) is 26.3 Å². The van der Waals surface area contributed by atoms with Crippen LogP contribution in [0.15, 0.2) is 162 Å². The van der Waals surface area contributed by atoms with Crippen molar-refractivity contribution in [3.05, 3.63) is 163 Å². The van der Waals surface area contributed by atoms with Crippen LogP contribution in [0.4, 0.5) is 28.4 Å². The van der Waals surface area contributed by atoms with Crippen molar-refractivity contribution in [3.8, 4) is 22.3 Å². The van der Waals surface area contributed by atoms with Crippen LogP contribution in [-0.2, 0) is 5.41 Å². The number of anilines is 5. The summed E-state index contributed by atoms with van der Waals surface area (Å²) in [6.07, 6.45) is 0. The number of furan rings is 1. The number of nitrogens with zero attached hydrogens (tertiary/aromatic N) is 2. The van der Waals surface area contributed by atoms with Crippen molar-refractivity contribution < 1.29 is 4.42 Å². The summed E-state index contributed by atoms with van der Waals surface area (Å²) in [5.74, 6) is 0. The summed E-state index contributed by atoms with van der Waals surface area (Å²) >= 11 is 0. The Kier molecular flexibility index (Phi) is 6.58. The molecular weight excluding hydrogens is 707 g/mol. The van der Waals surface area contributed by atoms with Gasteiger partial charge >= 0.3 is 6.85 Å². The van der Waals surface area contributed by atoms with E-state index < -0.39 is 8.07 Å². The molecule has 1 aromatic heterocycles. The number of rotatable bonds is 2. The summed E-state index contributed by atoms with van der Waals surface area (Å²) in [6, 6.07) is 59.2. The van der Waals surface area contributed by atoms with E-state index in [1.807, 2.05) is 0 Å². The Hall–Kier alpha value is -6.30. The summed E-state index contributed by atoms with van der Waals surface area (Å²) in [5.41, 5.74) is 17.1. The van der Waals surface area contributed by atoms with Gasteiger partial charge in [-0.3, -0.25) is 0 Å². The van der Waals surface area contributed by atoms with E-state index in [0.717, 1.165) is 27.6 Å². The van der Waals surface area contributed by atoms with Crippen LogP contribution < -0.4 is 31.0 Å². The highest BCUT2D eigenvalue weighted by Crippen LogP contribution is 2.53. The maximum atomic E-state index is 6.73. The van der Waals surface area contributed by atoms with E-state index in [4.69, 9.17) is 4.42 Å². The maximum absolute atomic E-state index is 6.73. The van der Waals surface area contributed by atoms with Crippen LogP contribution in [0, 0.1) is 0 Å². The Bertz CT molecular complexity index is 3180. The second kappa shape index (κ2) is 11.4. The number of hydrogen-bond acceptors (Lipinski definition) is 3. The van der Waals surface area contributed by atoms with Gasteiger partial charge in [0.1, 0.15) is 19.2 Å². The van der Waals surface area contributed by atoms with Gasteiger partial charge in [-0.15, -0.1) is 0 Å². The largest absolute Gasteiger partial charge is 0.456 e. The molecule has 0 atom stereocenters. The normalized spacial score (nSPS) is 14.8. The molecule has 57 heavy (non-hydrogen) atoms. The monoisotopic (exact) mass is 748 g/mol. The Morgan fingerprint density at radius 1 is 0.561 bits per heavy atom. The third kappa shape index (κ3) is 4.38. The molecule has 0 N–H and O–H groups in total. The fraction of sp³-hybridized carbons (Fsp3) is 0.115. The zero-order chi connectivity index (χ0) is 38.4. The predicted octanol–water partition coefficient (Wildman–Crippen LogP) is 11.5. The molecule has 3 aliphatic heterocycles. The molecule has 0 unspecified atom stereocenters. The second-order valence-corrected chi connectivity index (χ2v) is 22.0. The molecule has 12 rings (SSSR count). The van der Waals surface area contributed by atoms with E-state index in [1.54, 1.807) is 0 Å². The summed E-state index contributed by atoms with van der Waals surface area (Å²) in [4.78, 5) is 5.34. The van der Waals surface area contributed by atoms with Crippen molar-refractivity contribution in [1.29, 1.82) is 0 Å². The van der Waals surface area contributed by atoms with E-state index in [1.165, 1.54) is 82.6 Å². The van der Waals surface area contributed by atoms with Crippen molar-refractivity contribution in [2.45, 2.75) is 39.3 Å². The fourth-order valence-electron chi connectivity index (χ4n) is 10.5. The molecule has 9 aromatic rings. The van der Waals surface area contributed by atoms with E-state index in [-0.39, 0.29) is 12.3 Å². The summed E-state index contributed by atoms with van der Waals surface area (Å²) in [5, 5.41) is 7.83. The average Bonchev–Trinajstić information content (AvgIpc) is 3.62. The Morgan fingerprint density at radius 3 is 2.14 bits per heavy atom. The molecular formula is C52H41BN2OSi. The van der Waals surface area contributed by atoms with Gasteiger partial charge in [0.15, 0.2) is 0 Å². The molecule has 0 saturated carbocycles. The highest BCUT2D eigenvalue weighted by molar-refractivity contribution is 7.05. The van der Waals surface area contributed by atoms with Crippen molar-refractivity contribution in [2.75, 3.05) is 9.71 Å². The molecule has 0 saturated heterocycles. The molecule has 0 bridgehead atoms. The van der Waals surface area contributed by atoms with Crippen LogP contribution in [0.5, 0.6) is 0 Å². The van der Waals surface area contributed by atoms with E-state index in [9.17, 15) is 0 Å². The third-order valence-corrected chi connectivity index (χ3v) is 16.7. The summed E-state index contributed by atoms with van der Waals surface area (Å²) in [7, 11) is -2.07. The molecule has 3 nitrogen and oxygen atoms in total. The maximum Gasteiger partial charge on any atom is 0.333 e. The predicted molar refractivity (Wildman–Crippen MR) is 246 cm³/mol. The first kappa shape index (κ1) is 32.9. The van der Waals surface area contributed by atoms with Gasteiger partial charge in [0.25, 0.3) is 0 Å². The zero-order valence-electron chi connectivity index (χ0n) is 32.9. The highest BCUT2D eigenvalue weighted by atomic mass is 28.3. The molecule has 272 valence electrons. The van der Waals surface area contributed by atoms with Crippen molar-refractivity contribution in [3.63, 3.8) is 0 Å². The lowest BCUT2D eigenvalue weighted by atomic mass is 9.43. The number of benzene rings is 8. The lowest BCUT2D eigenvalue weighted by Gasteiger charge is -2.51. The molecule has 0 amide bonds. The molecule has 0 spiro atoms. The SMILES string of the molecule is CC(C)(C)c1ccc(N2c3cc4ccccc4c4c3B(c3ccc5oc6ccccc6c5c32)N2c3ccccc3[Si](C)(C)c3cccc-4c32)c(-c2ccccc2)c1. The first-order chi connectivity index (χ1) is 27.7. The second-order valence-electron chi connectivity index (χ2n) is 17.7. The molecule has 0 radical (unpaired) electrons. The van der Waals surface area contributed by atoms with E-state index in [0.29, 0.717) is 0 Å². The van der Waals surface area contributed by atoms with Gasteiger partial charge in [0.2, 0.25) is 0 Å². The number of fused-ring (bicyclic) bond motifs is 12. The van der Waals surface area contributed by atoms with Gasteiger partial charge < -0.3 is 14.1 Å². The Labute approximate surface area is 334 Å². The standard InChI is InChI=1S/C52H41BN2OSi/c1-52(2,3)34-26-28-40(38(31-34)32-16-7-6-8-17-32)54-42-30-33-18-9-10-19-35(33)47-37-21-15-25-46-50(37)55(41-22-12-14-24-45(41)57(46,4)5)53(49(42)47)39-27-29-44-48(51(39)54)36-20-11-13-23-43(36)56-44/h6-31H,1-5H3. The van der Waals surface area contributed by atoms with Gasteiger partial charge in [-0.25, -0.2) is 0 Å². The van der Waals surface area contributed by atoms with Crippen LogP contribution in [-0.4, -0.2) is 14.9 Å². The van der Waals surface area contributed by atoms with Crippen LogP contribution in [0.25, 0.3) is 55.0 Å². The smallest absolute Gasteiger partial charge is 0.333 e. The number of hydrogen-bond donors (Lipinski definition) is 0. The van der Waals surface area contributed by atoms with Gasteiger partial charge in [0.05, 0.1) is 16.8 Å².